The molecular weight excluding hydrogens is 421 g/mol. The zero-order valence-corrected chi connectivity index (χ0v) is 19.4. The summed E-state index contributed by atoms with van der Waals surface area (Å²) in [5.74, 6) is 0.756. The molecule has 0 saturated heterocycles. The number of nitrogens with one attached hydrogen (secondary N) is 1. The predicted octanol–water partition coefficient (Wildman–Crippen LogP) is 5.95. The van der Waals surface area contributed by atoms with Crippen molar-refractivity contribution in [1.29, 1.82) is 0 Å². The molecule has 3 aromatic rings. The van der Waals surface area contributed by atoms with Crippen molar-refractivity contribution in [2.75, 3.05) is 21.8 Å². The Hall–Kier alpha value is -2.95. The third-order valence-corrected chi connectivity index (χ3v) is 9.62. The highest BCUT2D eigenvalue weighted by atomic mass is 32.4. The summed E-state index contributed by atoms with van der Waals surface area (Å²) in [6, 6.07) is 24.5. The first-order valence-electron chi connectivity index (χ1n) is 10.2. The van der Waals surface area contributed by atoms with E-state index in [9.17, 15) is 0 Å². The van der Waals surface area contributed by atoms with Gasteiger partial charge in [0.1, 0.15) is 5.82 Å². The molecule has 1 aromatic heterocycles. The van der Waals surface area contributed by atoms with Gasteiger partial charge in [-0.2, -0.15) is 5.10 Å². The van der Waals surface area contributed by atoms with Gasteiger partial charge in [0.2, 0.25) is 0 Å². The minimum Gasteiger partial charge on any atom is -0.346 e. The summed E-state index contributed by atoms with van der Waals surface area (Å²) in [5, 5.41) is 9.49. The summed E-state index contributed by atoms with van der Waals surface area (Å²) in [5.41, 5.74) is 4.46. The summed E-state index contributed by atoms with van der Waals surface area (Å²) in [4.78, 5) is 6.77. The lowest BCUT2D eigenvalue weighted by atomic mass is 9.84. The predicted molar refractivity (Wildman–Crippen MR) is 134 cm³/mol. The molecule has 0 aliphatic carbocycles. The van der Waals surface area contributed by atoms with E-state index in [0.29, 0.717) is 0 Å². The molecule has 0 fully saturated rings. The molecule has 3 heterocycles. The van der Waals surface area contributed by atoms with Crippen LogP contribution in [0.5, 0.6) is 0 Å². The Morgan fingerprint density at radius 1 is 0.935 bits per heavy atom. The van der Waals surface area contributed by atoms with Crippen molar-refractivity contribution in [3.8, 4) is 0 Å². The second kappa shape index (κ2) is 7.33. The first kappa shape index (κ1) is 20.0. The van der Waals surface area contributed by atoms with Crippen LogP contribution in [-0.2, 0) is 17.2 Å². The van der Waals surface area contributed by atoms with E-state index in [4.69, 9.17) is 16.9 Å². The Balaban J connectivity index is 1.71. The van der Waals surface area contributed by atoms with Crippen LogP contribution in [0.3, 0.4) is 0 Å². The van der Waals surface area contributed by atoms with Crippen LogP contribution < -0.4 is 14.8 Å². The third-order valence-electron chi connectivity index (χ3n) is 5.91. The van der Waals surface area contributed by atoms with Crippen LogP contribution in [0, 0.1) is 0 Å². The van der Waals surface area contributed by atoms with Crippen molar-refractivity contribution >= 4 is 41.6 Å². The molecule has 1 unspecified atom stereocenters. The van der Waals surface area contributed by atoms with E-state index >= 15 is 0 Å². The number of para-hydroxylation sites is 2. The van der Waals surface area contributed by atoms with Gasteiger partial charge < -0.3 is 9.99 Å². The average Bonchev–Trinajstić information content (AvgIpc) is 3.20. The second-order valence-electron chi connectivity index (χ2n) is 8.21. The van der Waals surface area contributed by atoms with Gasteiger partial charge in [-0.3, -0.25) is 0 Å². The van der Waals surface area contributed by atoms with Gasteiger partial charge in [0, 0.05) is 30.0 Å². The van der Waals surface area contributed by atoms with Crippen LogP contribution >= 0.6 is 6.34 Å². The molecule has 0 amide bonds. The van der Waals surface area contributed by atoms with E-state index in [-0.39, 0.29) is 5.41 Å². The molecule has 5 nitrogen and oxygen atoms in total. The second-order valence-corrected chi connectivity index (χ2v) is 12.0. The van der Waals surface area contributed by atoms with E-state index < -0.39 is 6.34 Å². The van der Waals surface area contributed by atoms with Crippen molar-refractivity contribution in [3.63, 3.8) is 0 Å². The van der Waals surface area contributed by atoms with Gasteiger partial charge in [0.15, 0.2) is 6.34 Å². The summed E-state index contributed by atoms with van der Waals surface area (Å²) < 4.78 is 1.98. The number of benzene rings is 2. The highest BCUT2D eigenvalue weighted by Gasteiger charge is 2.46. The quantitative estimate of drug-likeness (QED) is 0.505. The number of rotatable bonds is 3. The lowest BCUT2D eigenvalue weighted by Crippen LogP contribution is -2.26. The zero-order valence-electron chi connectivity index (χ0n) is 17.7. The van der Waals surface area contributed by atoms with Crippen molar-refractivity contribution < 1.29 is 0 Å². The number of hydrogen-bond acceptors (Lipinski definition) is 4. The van der Waals surface area contributed by atoms with Crippen molar-refractivity contribution in [2.45, 2.75) is 19.3 Å². The first-order valence-corrected chi connectivity index (χ1v) is 13.0. The molecule has 2 aliphatic heterocycles. The summed E-state index contributed by atoms with van der Waals surface area (Å²) in [7, 11) is 2.12. The van der Waals surface area contributed by atoms with Crippen molar-refractivity contribution in [2.24, 2.45) is 5.10 Å². The first-order chi connectivity index (χ1) is 14.9. The standard InChI is InChI=1S/C24H24N5PS/c1-24(2)19-13-7-8-14-20(19)28(3)23(24)21-17-26-29(18-11-5-4-6-12-18)30(21,31)27-22-15-9-10-16-25-22/h4-17H,1-3H3,(H,25,27,31). The Labute approximate surface area is 188 Å². The number of pyridine rings is 1. The van der Waals surface area contributed by atoms with Crippen LogP contribution in [0.25, 0.3) is 0 Å². The van der Waals surface area contributed by atoms with Crippen LogP contribution in [0.1, 0.15) is 19.4 Å². The maximum atomic E-state index is 6.45. The van der Waals surface area contributed by atoms with Crippen LogP contribution in [0.15, 0.2) is 95.1 Å². The number of allylic oxidation sites excluding steroid dienone is 2. The van der Waals surface area contributed by atoms with Crippen LogP contribution in [-0.4, -0.2) is 18.2 Å². The van der Waals surface area contributed by atoms with Gasteiger partial charge >= 0.3 is 0 Å². The van der Waals surface area contributed by atoms with E-state index in [1.54, 1.807) is 6.20 Å². The molecule has 0 radical (unpaired) electrons. The number of anilines is 3. The van der Waals surface area contributed by atoms with Gasteiger partial charge in [-0.1, -0.05) is 56.3 Å². The summed E-state index contributed by atoms with van der Waals surface area (Å²) in [6.07, 6.45) is 1.17. The molecule has 0 bridgehead atoms. The van der Waals surface area contributed by atoms with Crippen molar-refractivity contribution in [1.82, 2.24) is 4.98 Å². The number of likely N-dealkylation sites (N-methyl/N-ethyl adjacent to an activating group) is 1. The van der Waals surface area contributed by atoms with E-state index in [2.05, 4.69) is 60.1 Å². The fourth-order valence-corrected chi connectivity index (χ4v) is 8.04. The Bertz CT molecular complexity index is 1240. The van der Waals surface area contributed by atoms with Crippen LogP contribution in [0.4, 0.5) is 17.2 Å². The molecular formula is C24H24N5PS. The minimum absolute atomic E-state index is 0.199. The van der Waals surface area contributed by atoms with Crippen LogP contribution in [0.2, 0.25) is 0 Å². The molecule has 0 spiro atoms. The largest absolute Gasteiger partial charge is 0.346 e. The topological polar surface area (TPSA) is 43.8 Å². The van der Waals surface area contributed by atoms with E-state index in [0.717, 1.165) is 16.8 Å². The van der Waals surface area contributed by atoms with Gasteiger partial charge in [-0.25, -0.2) is 9.76 Å². The number of hydrogen-bond donors (Lipinski definition) is 1. The fourth-order valence-electron chi connectivity index (χ4n) is 4.50. The number of fused-ring (bicyclic) bond motifs is 1. The molecule has 0 saturated carbocycles. The van der Waals surface area contributed by atoms with E-state index in [1.807, 2.05) is 59.5 Å². The Kier molecular flexibility index (Phi) is 4.72. The average molecular weight is 446 g/mol. The molecule has 7 heteroatoms. The molecule has 1 N–H and O–H groups in total. The molecule has 156 valence electrons. The summed E-state index contributed by atoms with van der Waals surface area (Å²) in [6.45, 7) is 4.52. The molecule has 31 heavy (non-hydrogen) atoms. The fraction of sp³-hybridized carbons (Fsp3) is 0.167. The zero-order chi connectivity index (χ0) is 21.6. The third kappa shape index (κ3) is 3.10. The van der Waals surface area contributed by atoms with Gasteiger partial charge in [-0.15, -0.1) is 0 Å². The molecule has 5 rings (SSSR count). The molecule has 2 aromatic carbocycles. The lowest BCUT2D eigenvalue weighted by Gasteiger charge is -2.33. The highest BCUT2D eigenvalue weighted by molar-refractivity contribution is 8.18. The molecule has 2 aliphatic rings. The highest BCUT2D eigenvalue weighted by Crippen LogP contribution is 2.64. The number of hydrazone groups is 1. The maximum Gasteiger partial charge on any atom is 0.175 e. The monoisotopic (exact) mass is 445 g/mol. The normalized spacial score (nSPS) is 23.8. The van der Waals surface area contributed by atoms with Gasteiger partial charge in [-0.05, 0) is 47.7 Å². The SMILES string of the molecule is CN1C(=C2C=NN(c3ccccc3)P2(=S)Nc2ccccn2)C(C)(C)c2ccccc21. The lowest BCUT2D eigenvalue weighted by molar-refractivity contribution is 0.640. The van der Waals surface area contributed by atoms with Gasteiger partial charge in [0.05, 0.1) is 17.2 Å². The maximum absolute atomic E-state index is 6.45. The molecule has 1 atom stereocenters. The van der Waals surface area contributed by atoms with E-state index in [1.165, 1.54) is 16.9 Å². The summed E-state index contributed by atoms with van der Waals surface area (Å²) >= 11 is 6.45. The number of nitrogens with zero attached hydrogens (tertiary/aromatic N) is 4. The van der Waals surface area contributed by atoms with Crippen molar-refractivity contribution in [3.05, 3.63) is 95.6 Å². The Morgan fingerprint density at radius 2 is 1.65 bits per heavy atom. The Morgan fingerprint density at radius 3 is 2.35 bits per heavy atom. The minimum atomic E-state index is -2.56. The number of aromatic nitrogens is 1. The van der Waals surface area contributed by atoms with Gasteiger partial charge in [0.25, 0.3) is 0 Å². The smallest absolute Gasteiger partial charge is 0.175 e.